The Kier molecular flexibility index (Phi) is 4.79. The molecule has 0 aliphatic heterocycles. The van der Waals surface area contributed by atoms with Gasteiger partial charge in [-0.25, -0.2) is 0 Å². The third-order valence-corrected chi connectivity index (χ3v) is 4.03. The first kappa shape index (κ1) is 13.5. The van der Waals surface area contributed by atoms with Gasteiger partial charge in [0.05, 0.1) is 6.61 Å². The highest BCUT2D eigenvalue weighted by Gasteiger charge is 2.33. The molecule has 0 aromatic rings. The van der Waals surface area contributed by atoms with Crippen LogP contribution in [0.2, 0.25) is 0 Å². The minimum absolute atomic E-state index is 0.377. The Balaban J connectivity index is 2.45. The van der Waals surface area contributed by atoms with Gasteiger partial charge in [0.25, 0.3) is 0 Å². The van der Waals surface area contributed by atoms with Crippen LogP contribution in [0, 0.1) is 11.3 Å². The normalized spacial score (nSPS) is 24.7. The molecular formula is C15H26O. The van der Waals surface area contributed by atoms with Crippen molar-refractivity contribution in [1.82, 2.24) is 0 Å². The lowest BCUT2D eigenvalue weighted by Crippen LogP contribution is -2.19. The molecule has 1 rings (SSSR count). The predicted molar refractivity (Wildman–Crippen MR) is 70.5 cm³/mol. The Morgan fingerprint density at radius 2 is 2.25 bits per heavy atom. The third kappa shape index (κ3) is 3.21. The molecule has 0 fully saturated rings. The highest BCUT2D eigenvalue weighted by Crippen LogP contribution is 2.44. The van der Waals surface area contributed by atoms with Crippen LogP contribution in [0.1, 0.15) is 47.5 Å². The Bertz CT molecular complexity index is 284. The third-order valence-electron chi connectivity index (χ3n) is 4.03. The van der Waals surface area contributed by atoms with Crippen molar-refractivity contribution in [3.05, 3.63) is 23.3 Å². The second-order valence-corrected chi connectivity index (χ2v) is 5.46. The SMILES string of the molecule is CCOCC(C)=CC[C@H]1CC=C(C)C1(C)C. The number of hydrogen-bond donors (Lipinski definition) is 0. The molecule has 0 saturated carbocycles. The maximum Gasteiger partial charge on any atom is 0.0673 e. The van der Waals surface area contributed by atoms with Crippen LogP contribution >= 0.6 is 0 Å². The molecule has 16 heavy (non-hydrogen) atoms. The molecule has 0 aromatic heterocycles. The minimum atomic E-state index is 0.377. The van der Waals surface area contributed by atoms with E-state index in [0.717, 1.165) is 19.1 Å². The summed E-state index contributed by atoms with van der Waals surface area (Å²) >= 11 is 0. The molecule has 0 radical (unpaired) electrons. The summed E-state index contributed by atoms with van der Waals surface area (Å²) in [5.41, 5.74) is 3.29. The minimum Gasteiger partial charge on any atom is -0.377 e. The standard InChI is InChI=1S/C15H26O/c1-6-16-11-12(2)7-9-14-10-8-13(3)15(14,4)5/h7-8,14H,6,9-11H2,1-5H3/t14-/m0/s1. The van der Waals surface area contributed by atoms with E-state index < -0.39 is 0 Å². The van der Waals surface area contributed by atoms with Crippen LogP contribution in [-0.4, -0.2) is 13.2 Å². The molecule has 1 aliphatic carbocycles. The van der Waals surface area contributed by atoms with Gasteiger partial charge in [0.15, 0.2) is 0 Å². The lowest BCUT2D eigenvalue weighted by molar-refractivity contribution is 0.170. The molecule has 1 atom stereocenters. The van der Waals surface area contributed by atoms with Gasteiger partial charge in [0.2, 0.25) is 0 Å². The number of rotatable bonds is 5. The Labute approximate surface area is 101 Å². The maximum atomic E-state index is 5.40. The Morgan fingerprint density at radius 1 is 1.56 bits per heavy atom. The van der Waals surface area contributed by atoms with Crippen LogP contribution < -0.4 is 0 Å². The van der Waals surface area contributed by atoms with Crippen molar-refractivity contribution in [2.24, 2.45) is 11.3 Å². The van der Waals surface area contributed by atoms with Crippen LogP contribution in [0.15, 0.2) is 23.3 Å². The van der Waals surface area contributed by atoms with Gasteiger partial charge in [0, 0.05) is 6.61 Å². The second-order valence-electron chi connectivity index (χ2n) is 5.46. The summed E-state index contributed by atoms with van der Waals surface area (Å²) in [5.74, 6) is 0.768. The van der Waals surface area contributed by atoms with Crippen molar-refractivity contribution in [3.63, 3.8) is 0 Å². The average Bonchev–Trinajstić information content (AvgIpc) is 2.49. The number of allylic oxidation sites excluding steroid dienone is 3. The maximum absolute atomic E-state index is 5.40. The molecule has 1 aliphatic rings. The molecule has 92 valence electrons. The van der Waals surface area contributed by atoms with Gasteiger partial charge in [-0.3, -0.25) is 0 Å². The molecule has 0 amide bonds. The fourth-order valence-corrected chi connectivity index (χ4v) is 2.25. The van der Waals surface area contributed by atoms with Crippen molar-refractivity contribution in [2.75, 3.05) is 13.2 Å². The molecular weight excluding hydrogens is 196 g/mol. The second kappa shape index (κ2) is 5.67. The summed E-state index contributed by atoms with van der Waals surface area (Å²) < 4.78 is 5.40. The molecule has 0 unspecified atom stereocenters. The van der Waals surface area contributed by atoms with Crippen LogP contribution in [0.3, 0.4) is 0 Å². The summed E-state index contributed by atoms with van der Waals surface area (Å²) in [7, 11) is 0. The molecule has 0 bridgehead atoms. The van der Waals surface area contributed by atoms with Crippen molar-refractivity contribution >= 4 is 0 Å². The van der Waals surface area contributed by atoms with E-state index >= 15 is 0 Å². The molecule has 1 heteroatoms. The van der Waals surface area contributed by atoms with Gasteiger partial charge in [-0.05, 0) is 44.9 Å². The zero-order valence-electron chi connectivity index (χ0n) is 11.5. The molecule has 0 heterocycles. The topological polar surface area (TPSA) is 9.23 Å². The van der Waals surface area contributed by atoms with E-state index in [1.165, 1.54) is 18.4 Å². The molecule has 0 N–H and O–H groups in total. The van der Waals surface area contributed by atoms with Crippen molar-refractivity contribution in [1.29, 1.82) is 0 Å². The Hall–Kier alpha value is -0.560. The van der Waals surface area contributed by atoms with E-state index in [2.05, 4.69) is 39.8 Å². The van der Waals surface area contributed by atoms with Crippen LogP contribution in [0.4, 0.5) is 0 Å². The largest absolute Gasteiger partial charge is 0.377 e. The highest BCUT2D eigenvalue weighted by atomic mass is 16.5. The quantitative estimate of drug-likeness (QED) is 0.628. The highest BCUT2D eigenvalue weighted by molar-refractivity contribution is 5.19. The van der Waals surface area contributed by atoms with Gasteiger partial charge < -0.3 is 4.74 Å². The first-order chi connectivity index (χ1) is 7.48. The predicted octanol–water partition coefficient (Wildman–Crippen LogP) is 4.35. The molecule has 0 spiro atoms. The summed E-state index contributed by atoms with van der Waals surface area (Å²) in [6.07, 6.45) is 7.17. The van der Waals surface area contributed by atoms with Crippen molar-refractivity contribution < 1.29 is 4.74 Å². The van der Waals surface area contributed by atoms with Crippen molar-refractivity contribution in [3.8, 4) is 0 Å². The summed E-state index contributed by atoms with van der Waals surface area (Å²) in [4.78, 5) is 0. The lowest BCUT2D eigenvalue weighted by atomic mass is 9.76. The number of ether oxygens (including phenoxy) is 1. The monoisotopic (exact) mass is 222 g/mol. The van der Waals surface area contributed by atoms with Gasteiger partial charge in [-0.2, -0.15) is 0 Å². The van der Waals surface area contributed by atoms with E-state index in [9.17, 15) is 0 Å². The fourth-order valence-electron chi connectivity index (χ4n) is 2.25. The van der Waals surface area contributed by atoms with Gasteiger partial charge in [-0.1, -0.05) is 37.1 Å². The first-order valence-corrected chi connectivity index (χ1v) is 6.39. The van der Waals surface area contributed by atoms with Gasteiger partial charge in [0.1, 0.15) is 0 Å². The zero-order valence-corrected chi connectivity index (χ0v) is 11.5. The van der Waals surface area contributed by atoms with E-state index in [-0.39, 0.29) is 0 Å². The smallest absolute Gasteiger partial charge is 0.0673 e. The van der Waals surface area contributed by atoms with Crippen LogP contribution in [0.25, 0.3) is 0 Å². The molecule has 0 aromatic carbocycles. The lowest BCUT2D eigenvalue weighted by Gasteiger charge is -2.29. The Morgan fingerprint density at radius 3 is 2.75 bits per heavy atom. The van der Waals surface area contributed by atoms with Crippen molar-refractivity contribution in [2.45, 2.75) is 47.5 Å². The van der Waals surface area contributed by atoms with Crippen LogP contribution in [-0.2, 0) is 4.74 Å². The number of hydrogen-bond acceptors (Lipinski definition) is 1. The van der Waals surface area contributed by atoms with E-state index in [0.29, 0.717) is 5.41 Å². The average molecular weight is 222 g/mol. The summed E-state index contributed by atoms with van der Waals surface area (Å²) in [6.45, 7) is 12.8. The van der Waals surface area contributed by atoms with Gasteiger partial charge in [-0.15, -0.1) is 0 Å². The molecule has 0 saturated heterocycles. The van der Waals surface area contributed by atoms with E-state index in [1.54, 1.807) is 5.57 Å². The summed E-state index contributed by atoms with van der Waals surface area (Å²) in [5, 5.41) is 0. The van der Waals surface area contributed by atoms with E-state index in [1.807, 2.05) is 6.92 Å². The molecule has 1 nitrogen and oxygen atoms in total. The zero-order chi connectivity index (χ0) is 12.2. The van der Waals surface area contributed by atoms with Crippen LogP contribution in [0.5, 0.6) is 0 Å². The van der Waals surface area contributed by atoms with Gasteiger partial charge >= 0.3 is 0 Å². The fraction of sp³-hybridized carbons (Fsp3) is 0.733. The summed E-state index contributed by atoms with van der Waals surface area (Å²) in [6, 6.07) is 0. The van der Waals surface area contributed by atoms with E-state index in [4.69, 9.17) is 4.74 Å². The first-order valence-electron chi connectivity index (χ1n) is 6.39.